The van der Waals surface area contributed by atoms with Crippen molar-refractivity contribution in [2.24, 2.45) is 5.73 Å². The van der Waals surface area contributed by atoms with Gasteiger partial charge in [-0.15, -0.1) is 0 Å². The summed E-state index contributed by atoms with van der Waals surface area (Å²) in [4.78, 5) is 0. The summed E-state index contributed by atoms with van der Waals surface area (Å²) in [5, 5.41) is 0. The van der Waals surface area contributed by atoms with Crippen molar-refractivity contribution < 1.29 is 4.39 Å². The summed E-state index contributed by atoms with van der Waals surface area (Å²) in [6.45, 7) is 1.97. The van der Waals surface area contributed by atoms with Crippen LogP contribution in [0.4, 0.5) is 10.1 Å². The summed E-state index contributed by atoms with van der Waals surface area (Å²) in [7, 11) is 0. The van der Waals surface area contributed by atoms with Gasteiger partial charge in [-0.3, -0.25) is 0 Å². The average molecular weight is 222 g/mol. The minimum absolute atomic E-state index is 0.0203. The Balaban J connectivity index is 2.47. The van der Waals surface area contributed by atoms with E-state index >= 15 is 0 Å². The van der Waals surface area contributed by atoms with E-state index in [4.69, 9.17) is 11.5 Å². The number of nitrogen functional groups attached to an aromatic ring is 1. The van der Waals surface area contributed by atoms with Crippen LogP contribution in [0.5, 0.6) is 0 Å². The molecule has 0 aromatic heterocycles. The number of halogens is 1. The molecule has 1 unspecified atom stereocenters. The van der Waals surface area contributed by atoms with E-state index in [0.717, 1.165) is 31.2 Å². The third-order valence-corrected chi connectivity index (χ3v) is 3.90. The molecule has 0 radical (unpaired) electrons. The van der Waals surface area contributed by atoms with E-state index in [-0.39, 0.29) is 17.3 Å². The molecule has 4 N–H and O–H groups in total. The van der Waals surface area contributed by atoms with Gasteiger partial charge in [-0.2, -0.15) is 0 Å². The fourth-order valence-electron chi connectivity index (χ4n) is 2.91. The fourth-order valence-corrected chi connectivity index (χ4v) is 2.91. The third-order valence-electron chi connectivity index (χ3n) is 3.90. The normalized spacial score (nSPS) is 20.9. The van der Waals surface area contributed by atoms with E-state index in [9.17, 15) is 4.39 Å². The molecular formula is C13H19FN2. The van der Waals surface area contributed by atoms with Crippen molar-refractivity contribution in [3.8, 4) is 0 Å². The molecule has 3 heteroatoms. The summed E-state index contributed by atoms with van der Waals surface area (Å²) in [6.07, 6.45) is 4.22. The summed E-state index contributed by atoms with van der Waals surface area (Å²) in [5.41, 5.74) is 12.7. The van der Waals surface area contributed by atoms with Crippen molar-refractivity contribution in [3.63, 3.8) is 0 Å². The van der Waals surface area contributed by atoms with E-state index in [1.165, 1.54) is 6.07 Å². The molecule has 2 rings (SSSR count). The molecule has 0 heterocycles. The van der Waals surface area contributed by atoms with Gasteiger partial charge in [-0.1, -0.05) is 18.9 Å². The zero-order chi connectivity index (χ0) is 11.8. The second kappa shape index (κ2) is 4.06. The lowest BCUT2D eigenvalue weighted by Gasteiger charge is -2.34. The van der Waals surface area contributed by atoms with Gasteiger partial charge >= 0.3 is 0 Å². The first-order valence-corrected chi connectivity index (χ1v) is 5.87. The van der Waals surface area contributed by atoms with Crippen molar-refractivity contribution in [1.29, 1.82) is 0 Å². The molecule has 1 saturated carbocycles. The fraction of sp³-hybridized carbons (Fsp3) is 0.538. The molecule has 0 aliphatic heterocycles. The highest BCUT2D eigenvalue weighted by molar-refractivity contribution is 5.43. The lowest BCUT2D eigenvalue weighted by Crippen LogP contribution is -2.41. The second-order valence-corrected chi connectivity index (χ2v) is 4.89. The maximum Gasteiger partial charge on any atom is 0.129 e. The van der Waals surface area contributed by atoms with E-state index < -0.39 is 0 Å². The number of hydrogen-bond donors (Lipinski definition) is 2. The van der Waals surface area contributed by atoms with Gasteiger partial charge in [-0.25, -0.2) is 4.39 Å². The highest BCUT2D eigenvalue weighted by Gasteiger charge is 2.40. The van der Waals surface area contributed by atoms with Crippen LogP contribution >= 0.6 is 0 Å². The van der Waals surface area contributed by atoms with Crippen LogP contribution in [0.2, 0.25) is 0 Å². The van der Waals surface area contributed by atoms with Gasteiger partial charge < -0.3 is 11.5 Å². The van der Waals surface area contributed by atoms with Crippen LogP contribution in [0, 0.1) is 5.82 Å². The minimum Gasteiger partial charge on any atom is -0.399 e. The summed E-state index contributed by atoms with van der Waals surface area (Å²) < 4.78 is 14.0. The van der Waals surface area contributed by atoms with Crippen LogP contribution in [0.15, 0.2) is 18.2 Å². The largest absolute Gasteiger partial charge is 0.399 e. The van der Waals surface area contributed by atoms with Crippen LogP contribution < -0.4 is 11.5 Å². The first kappa shape index (κ1) is 11.4. The smallest absolute Gasteiger partial charge is 0.129 e. The summed E-state index contributed by atoms with van der Waals surface area (Å²) in [6, 6.07) is 4.95. The molecule has 0 amide bonds. The molecule has 0 saturated heterocycles. The maximum atomic E-state index is 14.0. The van der Waals surface area contributed by atoms with Crippen molar-refractivity contribution in [1.82, 2.24) is 0 Å². The Morgan fingerprint density at radius 3 is 2.44 bits per heavy atom. The standard InChI is InChI=1S/C13H19FN2/c1-9(15)13(6-2-3-7-13)11-5-4-10(16)8-12(11)14/h4-5,8-9H,2-3,6-7,15-16H2,1H3. The monoisotopic (exact) mass is 222 g/mol. The highest BCUT2D eigenvalue weighted by atomic mass is 19.1. The number of anilines is 1. The van der Waals surface area contributed by atoms with Crippen LogP contribution in [0.3, 0.4) is 0 Å². The topological polar surface area (TPSA) is 52.0 Å². The molecule has 1 aliphatic rings. The van der Waals surface area contributed by atoms with E-state index in [2.05, 4.69) is 0 Å². The Kier molecular flexibility index (Phi) is 2.89. The van der Waals surface area contributed by atoms with Crippen LogP contribution in [0.25, 0.3) is 0 Å². The van der Waals surface area contributed by atoms with Crippen LogP contribution in [-0.4, -0.2) is 6.04 Å². The summed E-state index contributed by atoms with van der Waals surface area (Å²) in [5.74, 6) is -0.209. The van der Waals surface area contributed by atoms with Crippen molar-refractivity contribution in [2.45, 2.75) is 44.1 Å². The molecule has 1 aliphatic carbocycles. The molecule has 1 aromatic rings. The molecule has 88 valence electrons. The number of rotatable bonds is 2. The molecule has 1 aromatic carbocycles. The Morgan fingerprint density at radius 1 is 1.31 bits per heavy atom. The van der Waals surface area contributed by atoms with Crippen molar-refractivity contribution in [2.75, 3.05) is 5.73 Å². The zero-order valence-corrected chi connectivity index (χ0v) is 9.67. The predicted molar refractivity (Wildman–Crippen MR) is 64.6 cm³/mol. The first-order valence-electron chi connectivity index (χ1n) is 5.87. The summed E-state index contributed by atoms with van der Waals surface area (Å²) >= 11 is 0. The van der Waals surface area contributed by atoms with Gasteiger partial charge in [0.15, 0.2) is 0 Å². The van der Waals surface area contributed by atoms with E-state index in [1.807, 2.05) is 6.92 Å². The molecule has 0 bridgehead atoms. The van der Waals surface area contributed by atoms with Crippen LogP contribution in [0.1, 0.15) is 38.2 Å². The Bertz CT molecular complexity index is 382. The van der Waals surface area contributed by atoms with Gasteiger partial charge in [0.05, 0.1) is 0 Å². The average Bonchev–Trinajstić information content (AvgIpc) is 2.67. The van der Waals surface area contributed by atoms with Gasteiger partial charge in [-0.05, 0) is 37.5 Å². The van der Waals surface area contributed by atoms with Gasteiger partial charge in [0, 0.05) is 17.1 Å². The lowest BCUT2D eigenvalue weighted by atomic mass is 9.73. The van der Waals surface area contributed by atoms with Crippen molar-refractivity contribution >= 4 is 5.69 Å². The highest BCUT2D eigenvalue weighted by Crippen LogP contribution is 2.44. The molecule has 2 nitrogen and oxygen atoms in total. The SMILES string of the molecule is CC(N)C1(c2ccc(N)cc2F)CCCC1. The molecule has 1 atom stereocenters. The quantitative estimate of drug-likeness (QED) is 0.756. The zero-order valence-electron chi connectivity index (χ0n) is 9.67. The van der Waals surface area contributed by atoms with Gasteiger partial charge in [0.2, 0.25) is 0 Å². The number of benzene rings is 1. The first-order chi connectivity index (χ1) is 7.56. The Labute approximate surface area is 95.8 Å². The van der Waals surface area contributed by atoms with Gasteiger partial charge in [0.25, 0.3) is 0 Å². The van der Waals surface area contributed by atoms with E-state index in [0.29, 0.717) is 5.69 Å². The van der Waals surface area contributed by atoms with Gasteiger partial charge in [0.1, 0.15) is 5.82 Å². The molecule has 16 heavy (non-hydrogen) atoms. The Hall–Kier alpha value is -1.09. The van der Waals surface area contributed by atoms with E-state index in [1.54, 1.807) is 12.1 Å². The third kappa shape index (κ3) is 1.69. The Morgan fingerprint density at radius 2 is 1.94 bits per heavy atom. The minimum atomic E-state index is -0.209. The predicted octanol–water partition coefficient (Wildman–Crippen LogP) is 2.57. The second-order valence-electron chi connectivity index (χ2n) is 4.89. The molecular weight excluding hydrogens is 203 g/mol. The van der Waals surface area contributed by atoms with Crippen molar-refractivity contribution in [3.05, 3.63) is 29.6 Å². The van der Waals surface area contributed by atoms with Crippen LogP contribution in [-0.2, 0) is 5.41 Å². The number of hydrogen-bond acceptors (Lipinski definition) is 2. The lowest BCUT2D eigenvalue weighted by molar-refractivity contribution is 0.353. The maximum absolute atomic E-state index is 14.0. The number of nitrogens with two attached hydrogens (primary N) is 2. The molecule has 1 fully saturated rings. The molecule has 0 spiro atoms.